The third-order valence-electron chi connectivity index (χ3n) is 3.95. The Hall–Kier alpha value is -1.69. The maximum absolute atomic E-state index is 13.3. The lowest BCUT2D eigenvalue weighted by molar-refractivity contribution is -0.158. The number of ether oxygens (including phenoxy) is 1. The van der Waals surface area contributed by atoms with E-state index >= 15 is 0 Å². The molecule has 0 amide bonds. The number of carbonyl (C=O) groups is 1. The van der Waals surface area contributed by atoms with Gasteiger partial charge >= 0.3 is 11.9 Å². The van der Waals surface area contributed by atoms with E-state index in [0.29, 0.717) is 13.1 Å². The number of hydrogen-bond acceptors (Lipinski definition) is 4. The predicted molar refractivity (Wildman–Crippen MR) is 74.4 cm³/mol. The number of nitrogens with zero attached hydrogens (tertiary/aromatic N) is 1. The van der Waals surface area contributed by atoms with E-state index < -0.39 is 24.4 Å². The van der Waals surface area contributed by atoms with Gasteiger partial charge < -0.3 is 15.0 Å². The standard InChI is InChI=1S/C15H18F2N2O2/c1-10-8-19(9-12-6-15(16,17)14(20)21-12)13-5-3-2-4-11(13)7-18-10/h2-5,10,12,18H,6-9H2,1H3. The summed E-state index contributed by atoms with van der Waals surface area (Å²) in [6.07, 6.45) is -1.29. The van der Waals surface area contributed by atoms with Crippen molar-refractivity contribution in [2.75, 3.05) is 18.0 Å². The van der Waals surface area contributed by atoms with Gasteiger partial charge in [-0.2, -0.15) is 8.78 Å². The summed E-state index contributed by atoms with van der Waals surface area (Å²) < 4.78 is 31.4. The monoisotopic (exact) mass is 296 g/mol. The summed E-state index contributed by atoms with van der Waals surface area (Å²) in [6, 6.07) is 8.11. The summed E-state index contributed by atoms with van der Waals surface area (Å²) in [6.45, 7) is 3.78. The molecule has 6 heteroatoms. The van der Waals surface area contributed by atoms with E-state index in [2.05, 4.69) is 5.32 Å². The summed E-state index contributed by atoms with van der Waals surface area (Å²) >= 11 is 0. The highest BCUT2D eigenvalue weighted by Gasteiger charge is 2.51. The summed E-state index contributed by atoms with van der Waals surface area (Å²) in [4.78, 5) is 13.1. The Morgan fingerprint density at radius 2 is 2.19 bits per heavy atom. The first-order valence-electron chi connectivity index (χ1n) is 7.11. The molecule has 0 aromatic heterocycles. The summed E-state index contributed by atoms with van der Waals surface area (Å²) in [5, 5.41) is 3.38. The molecule has 0 spiro atoms. The molecule has 1 N–H and O–H groups in total. The Labute approximate surface area is 122 Å². The topological polar surface area (TPSA) is 41.6 Å². The first kappa shape index (κ1) is 14.3. The average molecular weight is 296 g/mol. The molecule has 4 nitrogen and oxygen atoms in total. The molecule has 2 aliphatic heterocycles. The molecule has 1 saturated heterocycles. The highest BCUT2D eigenvalue weighted by Crippen LogP contribution is 2.33. The van der Waals surface area contributed by atoms with Crippen molar-refractivity contribution >= 4 is 11.7 Å². The molecule has 2 heterocycles. The Morgan fingerprint density at radius 3 is 2.90 bits per heavy atom. The number of benzene rings is 1. The van der Waals surface area contributed by atoms with Crippen LogP contribution in [0.2, 0.25) is 0 Å². The van der Waals surface area contributed by atoms with E-state index in [4.69, 9.17) is 4.74 Å². The van der Waals surface area contributed by atoms with E-state index in [1.165, 1.54) is 0 Å². The minimum atomic E-state index is -3.35. The van der Waals surface area contributed by atoms with Crippen molar-refractivity contribution in [3.8, 4) is 0 Å². The molecular formula is C15H18F2N2O2. The summed E-state index contributed by atoms with van der Waals surface area (Å²) in [5.74, 6) is -4.75. The molecule has 0 aliphatic carbocycles. The van der Waals surface area contributed by atoms with Gasteiger partial charge in [0.2, 0.25) is 0 Å². The molecule has 3 rings (SSSR count). The molecule has 2 unspecified atom stereocenters. The fourth-order valence-corrected chi connectivity index (χ4v) is 2.92. The van der Waals surface area contributed by atoms with Gasteiger partial charge in [-0.3, -0.25) is 0 Å². The third-order valence-corrected chi connectivity index (χ3v) is 3.95. The number of alkyl halides is 2. The molecule has 1 fully saturated rings. The molecule has 1 aromatic rings. The zero-order valence-electron chi connectivity index (χ0n) is 11.8. The SMILES string of the molecule is CC1CN(CC2CC(F)(F)C(=O)O2)c2ccccc2CN1. The minimum absolute atomic E-state index is 0.231. The van der Waals surface area contributed by atoms with Crippen LogP contribution in [0.25, 0.3) is 0 Å². The molecule has 2 atom stereocenters. The van der Waals surface area contributed by atoms with Gasteiger partial charge in [-0.05, 0) is 18.6 Å². The Bertz CT molecular complexity index is 550. The number of anilines is 1. The molecule has 2 aliphatic rings. The number of nitrogens with one attached hydrogen (secondary N) is 1. The van der Waals surface area contributed by atoms with Gasteiger partial charge in [-0.25, -0.2) is 4.79 Å². The van der Waals surface area contributed by atoms with Crippen LogP contribution in [0.1, 0.15) is 18.9 Å². The quantitative estimate of drug-likeness (QED) is 0.847. The number of rotatable bonds is 2. The maximum atomic E-state index is 13.3. The predicted octanol–water partition coefficient (Wildman–Crippen LogP) is 1.94. The average Bonchev–Trinajstić information content (AvgIpc) is 2.59. The van der Waals surface area contributed by atoms with Crippen LogP contribution in [0.5, 0.6) is 0 Å². The smallest absolute Gasteiger partial charge is 0.377 e. The van der Waals surface area contributed by atoms with E-state index in [-0.39, 0.29) is 6.04 Å². The molecule has 0 saturated carbocycles. The van der Waals surface area contributed by atoms with Crippen LogP contribution in [-0.4, -0.2) is 37.1 Å². The number of cyclic esters (lactones) is 1. The summed E-state index contributed by atoms with van der Waals surface area (Å²) in [5.41, 5.74) is 2.14. The first-order chi connectivity index (χ1) is 9.95. The van der Waals surface area contributed by atoms with E-state index in [0.717, 1.165) is 17.8 Å². The Morgan fingerprint density at radius 1 is 1.43 bits per heavy atom. The lowest BCUT2D eigenvalue weighted by Gasteiger charge is -2.28. The van der Waals surface area contributed by atoms with Gasteiger partial charge in [0.1, 0.15) is 6.10 Å². The van der Waals surface area contributed by atoms with Gasteiger partial charge in [0, 0.05) is 24.8 Å². The van der Waals surface area contributed by atoms with E-state index in [1.54, 1.807) is 0 Å². The van der Waals surface area contributed by atoms with Gasteiger partial charge in [-0.15, -0.1) is 0 Å². The van der Waals surface area contributed by atoms with Gasteiger partial charge in [-0.1, -0.05) is 18.2 Å². The normalized spacial score (nSPS) is 28.0. The zero-order valence-corrected chi connectivity index (χ0v) is 11.8. The van der Waals surface area contributed by atoms with Crippen LogP contribution in [-0.2, 0) is 16.1 Å². The van der Waals surface area contributed by atoms with Crippen LogP contribution in [0, 0.1) is 0 Å². The van der Waals surface area contributed by atoms with Crippen LogP contribution >= 0.6 is 0 Å². The molecule has 114 valence electrons. The number of hydrogen-bond donors (Lipinski definition) is 1. The second-order valence-electron chi connectivity index (χ2n) is 5.75. The van der Waals surface area contributed by atoms with Gasteiger partial charge in [0.25, 0.3) is 0 Å². The third kappa shape index (κ3) is 2.85. The van der Waals surface area contributed by atoms with Crippen molar-refractivity contribution in [1.82, 2.24) is 5.32 Å². The number of halogens is 2. The lowest BCUT2D eigenvalue weighted by atomic mass is 10.1. The van der Waals surface area contributed by atoms with Crippen molar-refractivity contribution in [2.24, 2.45) is 0 Å². The largest absolute Gasteiger partial charge is 0.456 e. The van der Waals surface area contributed by atoms with Crippen molar-refractivity contribution in [1.29, 1.82) is 0 Å². The van der Waals surface area contributed by atoms with Crippen LogP contribution in [0.3, 0.4) is 0 Å². The van der Waals surface area contributed by atoms with Crippen LogP contribution < -0.4 is 10.2 Å². The minimum Gasteiger partial charge on any atom is -0.456 e. The Balaban J connectivity index is 1.79. The summed E-state index contributed by atoms with van der Waals surface area (Å²) in [7, 11) is 0. The Kier molecular flexibility index (Phi) is 3.57. The van der Waals surface area contributed by atoms with Crippen LogP contribution in [0.15, 0.2) is 24.3 Å². The van der Waals surface area contributed by atoms with Crippen molar-refractivity contribution in [3.63, 3.8) is 0 Å². The van der Waals surface area contributed by atoms with Gasteiger partial charge in [0.15, 0.2) is 0 Å². The fourth-order valence-electron chi connectivity index (χ4n) is 2.92. The van der Waals surface area contributed by atoms with Gasteiger partial charge in [0.05, 0.1) is 13.0 Å². The zero-order chi connectivity index (χ0) is 15.0. The van der Waals surface area contributed by atoms with E-state index in [1.807, 2.05) is 36.1 Å². The second-order valence-corrected chi connectivity index (χ2v) is 5.75. The van der Waals surface area contributed by atoms with Crippen molar-refractivity contribution < 1.29 is 18.3 Å². The van der Waals surface area contributed by atoms with Crippen molar-refractivity contribution in [2.45, 2.75) is 38.0 Å². The number of fused-ring (bicyclic) bond motifs is 1. The second kappa shape index (κ2) is 5.26. The van der Waals surface area contributed by atoms with E-state index in [9.17, 15) is 13.6 Å². The molecule has 0 bridgehead atoms. The number of para-hydroxylation sites is 1. The molecular weight excluding hydrogens is 278 g/mol. The maximum Gasteiger partial charge on any atom is 0.377 e. The number of carbonyl (C=O) groups excluding carboxylic acids is 1. The van der Waals surface area contributed by atoms with Crippen molar-refractivity contribution in [3.05, 3.63) is 29.8 Å². The molecule has 0 radical (unpaired) electrons. The highest BCUT2D eigenvalue weighted by atomic mass is 19.3. The lowest BCUT2D eigenvalue weighted by Crippen LogP contribution is -2.40. The molecule has 1 aromatic carbocycles. The van der Waals surface area contributed by atoms with Crippen LogP contribution in [0.4, 0.5) is 14.5 Å². The fraction of sp³-hybridized carbons (Fsp3) is 0.533. The molecule has 21 heavy (non-hydrogen) atoms. The number of esters is 1. The highest BCUT2D eigenvalue weighted by molar-refractivity contribution is 5.79. The first-order valence-corrected chi connectivity index (χ1v) is 7.11.